The maximum Gasteiger partial charge on any atom is 0.217 e. The average Bonchev–Trinajstić information content (AvgIpc) is 2.24. The van der Waals surface area contributed by atoms with E-state index in [1.54, 1.807) is 25.8 Å². The molecule has 0 bridgehead atoms. The lowest BCUT2D eigenvalue weighted by Crippen LogP contribution is -1.98. The number of ether oxygens (including phenoxy) is 1. The predicted molar refractivity (Wildman–Crippen MR) is 45.1 cm³/mol. The van der Waals surface area contributed by atoms with Crippen molar-refractivity contribution < 1.29 is 9.84 Å². The Morgan fingerprint density at radius 3 is 2.50 bits per heavy atom. The topological polar surface area (TPSA) is 47.3 Å². The number of nitrogens with zero attached hydrogens (tertiary/aromatic N) is 2. The van der Waals surface area contributed by atoms with Crippen molar-refractivity contribution in [2.24, 2.45) is 7.05 Å². The number of methoxy groups -OCH3 is 1. The highest BCUT2D eigenvalue weighted by Gasteiger charge is 2.17. The minimum absolute atomic E-state index is 0.534. The van der Waals surface area contributed by atoms with Crippen molar-refractivity contribution in [3.8, 4) is 5.88 Å². The lowest BCUT2D eigenvalue weighted by Gasteiger charge is -2.06. The molecule has 12 heavy (non-hydrogen) atoms. The SMILES string of the molecule is COc1c(C(C)O)c(C)nn1C. The molecule has 4 heteroatoms. The molecular weight excluding hydrogens is 156 g/mol. The van der Waals surface area contributed by atoms with Crippen molar-refractivity contribution in [2.75, 3.05) is 7.11 Å². The van der Waals surface area contributed by atoms with Gasteiger partial charge in [-0.25, -0.2) is 4.68 Å². The smallest absolute Gasteiger partial charge is 0.217 e. The first-order valence-corrected chi connectivity index (χ1v) is 3.83. The minimum Gasteiger partial charge on any atom is -0.481 e. The summed E-state index contributed by atoms with van der Waals surface area (Å²) in [7, 11) is 3.36. The molecule has 0 aliphatic heterocycles. The number of rotatable bonds is 2. The van der Waals surface area contributed by atoms with Crippen molar-refractivity contribution in [3.63, 3.8) is 0 Å². The Balaban J connectivity index is 3.23. The number of aryl methyl sites for hydroxylation is 2. The summed E-state index contributed by atoms with van der Waals surface area (Å²) in [6.07, 6.45) is -0.534. The number of hydrogen-bond donors (Lipinski definition) is 1. The fourth-order valence-electron chi connectivity index (χ4n) is 1.38. The highest BCUT2D eigenvalue weighted by molar-refractivity contribution is 5.32. The summed E-state index contributed by atoms with van der Waals surface area (Å²) >= 11 is 0. The molecule has 0 aliphatic carbocycles. The van der Waals surface area contributed by atoms with Crippen LogP contribution in [0.4, 0.5) is 0 Å². The Bertz CT molecular complexity index is 279. The van der Waals surface area contributed by atoms with E-state index < -0.39 is 6.10 Å². The van der Waals surface area contributed by atoms with Crippen LogP contribution in [0.1, 0.15) is 24.3 Å². The third-order valence-electron chi connectivity index (χ3n) is 1.83. The highest BCUT2D eigenvalue weighted by Crippen LogP contribution is 2.26. The summed E-state index contributed by atoms with van der Waals surface area (Å²) in [5, 5.41) is 13.5. The van der Waals surface area contributed by atoms with E-state index in [1.165, 1.54) is 0 Å². The summed E-state index contributed by atoms with van der Waals surface area (Å²) in [5.41, 5.74) is 1.57. The van der Waals surface area contributed by atoms with E-state index in [2.05, 4.69) is 5.10 Å². The molecular formula is C8H14N2O2. The van der Waals surface area contributed by atoms with Crippen molar-refractivity contribution >= 4 is 0 Å². The van der Waals surface area contributed by atoms with E-state index in [-0.39, 0.29) is 0 Å². The molecule has 68 valence electrons. The lowest BCUT2D eigenvalue weighted by molar-refractivity contribution is 0.192. The van der Waals surface area contributed by atoms with Crippen molar-refractivity contribution in [1.29, 1.82) is 0 Å². The van der Waals surface area contributed by atoms with Gasteiger partial charge in [-0.1, -0.05) is 0 Å². The zero-order chi connectivity index (χ0) is 9.30. The maximum absolute atomic E-state index is 9.40. The van der Waals surface area contributed by atoms with Gasteiger partial charge >= 0.3 is 0 Å². The second-order valence-corrected chi connectivity index (χ2v) is 2.81. The van der Waals surface area contributed by atoms with Crippen LogP contribution in [0.2, 0.25) is 0 Å². The first kappa shape index (κ1) is 9.06. The van der Waals surface area contributed by atoms with E-state index in [0.29, 0.717) is 5.88 Å². The fraction of sp³-hybridized carbons (Fsp3) is 0.625. The molecule has 1 N–H and O–H groups in total. The first-order valence-electron chi connectivity index (χ1n) is 3.83. The van der Waals surface area contributed by atoms with Crippen LogP contribution >= 0.6 is 0 Å². The molecule has 1 atom stereocenters. The van der Waals surface area contributed by atoms with Crippen molar-refractivity contribution in [1.82, 2.24) is 9.78 Å². The molecule has 1 heterocycles. The summed E-state index contributed by atoms with van der Waals surface area (Å²) in [6, 6.07) is 0. The second-order valence-electron chi connectivity index (χ2n) is 2.81. The molecule has 0 amide bonds. The van der Waals surface area contributed by atoms with Crippen LogP contribution in [0, 0.1) is 6.92 Å². The first-order chi connectivity index (χ1) is 5.57. The van der Waals surface area contributed by atoms with Gasteiger partial charge in [0.25, 0.3) is 0 Å². The Kier molecular flexibility index (Phi) is 2.38. The van der Waals surface area contributed by atoms with Gasteiger partial charge < -0.3 is 9.84 Å². The Morgan fingerprint density at radius 2 is 2.17 bits per heavy atom. The average molecular weight is 170 g/mol. The van der Waals surface area contributed by atoms with Gasteiger partial charge in [-0.3, -0.25) is 0 Å². The van der Waals surface area contributed by atoms with Gasteiger partial charge in [0, 0.05) is 7.05 Å². The minimum atomic E-state index is -0.534. The highest BCUT2D eigenvalue weighted by atomic mass is 16.5. The zero-order valence-electron chi connectivity index (χ0n) is 7.83. The fourth-order valence-corrected chi connectivity index (χ4v) is 1.38. The van der Waals surface area contributed by atoms with E-state index in [0.717, 1.165) is 11.3 Å². The summed E-state index contributed by atoms with van der Waals surface area (Å²) in [5.74, 6) is 0.627. The summed E-state index contributed by atoms with van der Waals surface area (Å²) in [4.78, 5) is 0. The summed E-state index contributed by atoms with van der Waals surface area (Å²) in [6.45, 7) is 3.55. The van der Waals surface area contributed by atoms with Crippen molar-refractivity contribution in [3.05, 3.63) is 11.3 Å². The third kappa shape index (κ3) is 1.30. The monoisotopic (exact) mass is 170 g/mol. The van der Waals surface area contributed by atoms with Gasteiger partial charge in [-0.05, 0) is 13.8 Å². The number of hydrogen-bond acceptors (Lipinski definition) is 3. The zero-order valence-corrected chi connectivity index (χ0v) is 7.83. The standard InChI is InChI=1S/C8H14N2O2/c1-5-7(6(2)11)8(12-4)10(3)9-5/h6,11H,1-4H3. The third-order valence-corrected chi connectivity index (χ3v) is 1.83. The number of aliphatic hydroxyl groups is 1. The van der Waals surface area contributed by atoms with Crippen LogP contribution in [0.15, 0.2) is 0 Å². The van der Waals surface area contributed by atoms with Gasteiger partial charge in [0.05, 0.1) is 24.5 Å². The Morgan fingerprint density at radius 1 is 1.58 bits per heavy atom. The van der Waals surface area contributed by atoms with Gasteiger partial charge in [0.15, 0.2) is 0 Å². The van der Waals surface area contributed by atoms with Gasteiger partial charge in [-0.15, -0.1) is 0 Å². The molecule has 1 rings (SSSR count). The molecule has 0 saturated carbocycles. The van der Waals surface area contributed by atoms with E-state index in [9.17, 15) is 5.11 Å². The maximum atomic E-state index is 9.40. The van der Waals surface area contributed by atoms with Crippen LogP contribution in [0.5, 0.6) is 5.88 Å². The lowest BCUT2D eigenvalue weighted by atomic mass is 10.1. The van der Waals surface area contributed by atoms with Crippen LogP contribution in [-0.4, -0.2) is 22.0 Å². The molecule has 0 radical (unpaired) electrons. The molecule has 0 fully saturated rings. The quantitative estimate of drug-likeness (QED) is 0.713. The number of aromatic nitrogens is 2. The van der Waals surface area contributed by atoms with E-state index in [4.69, 9.17) is 4.74 Å². The molecule has 4 nitrogen and oxygen atoms in total. The molecule has 0 aliphatic rings. The number of aliphatic hydroxyl groups excluding tert-OH is 1. The van der Waals surface area contributed by atoms with Gasteiger partial charge in [0.2, 0.25) is 5.88 Å². The molecule has 1 aromatic rings. The van der Waals surface area contributed by atoms with E-state index in [1.807, 2.05) is 6.92 Å². The largest absolute Gasteiger partial charge is 0.481 e. The van der Waals surface area contributed by atoms with Crippen LogP contribution < -0.4 is 4.74 Å². The predicted octanol–water partition coefficient (Wildman–Crippen LogP) is 0.790. The van der Waals surface area contributed by atoms with Crippen LogP contribution in [-0.2, 0) is 7.05 Å². The van der Waals surface area contributed by atoms with Gasteiger partial charge in [-0.2, -0.15) is 5.10 Å². The van der Waals surface area contributed by atoms with Crippen LogP contribution in [0.25, 0.3) is 0 Å². The normalized spacial score (nSPS) is 13.1. The van der Waals surface area contributed by atoms with Crippen molar-refractivity contribution in [2.45, 2.75) is 20.0 Å². The molecule has 1 aromatic heterocycles. The summed E-state index contributed by atoms with van der Waals surface area (Å²) < 4.78 is 6.72. The molecule has 0 saturated heterocycles. The van der Waals surface area contributed by atoms with Crippen LogP contribution in [0.3, 0.4) is 0 Å². The van der Waals surface area contributed by atoms with E-state index >= 15 is 0 Å². The molecule has 0 aromatic carbocycles. The molecule has 1 unspecified atom stereocenters. The second kappa shape index (κ2) is 3.15. The Hall–Kier alpha value is -1.03. The molecule has 0 spiro atoms. The van der Waals surface area contributed by atoms with Gasteiger partial charge in [0.1, 0.15) is 0 Å². The Labute approximate surface area is 71.8 Å².